The minimum atomic E-state index is -0.671. The molecule has 5 nitrogen and oxygen atoms in total. The molecule has 4 aromatic rings. The monoisotopic (exact) mass is 418 g/mol. The first kappa shape index (κ1) is 20.1. The summed E-state index contributed by atoms with van der Waals surface area (Å²) in [7, 11) is 0. The molecule has 0 spiro atoms. The highest BCUT2D eigenvalue weighted by molar-refractivity contribution is 6.31. The van der Waals surface area contributed by atoms with E-state index in [2.05, 4.69) is 16.7 Å². The maximum atomic E-state index is 12.6. The topological polar surface area (TPSA) is 86.9 Å². The third-order valence-electron chi connectivity index (χ3n) is 5.19. The predicted molar refractivity (Wildman–Crippen MR) is 123 cm³/mol. The van der Waals surface area contributed by atoms with Gasteiger partial charge in [0.25, 0.3) is 0 Å². The number of hydrogen-bond acceptors (Lipinski definition) is 4. The molecule has 1 heterocycles. The number of Topliss-reactive ketones (excluding diaryl/α,β-unsaturated/α-hetero) is 1. The second-order valence-corrected chi connectivity index (χ2v) is 7.82. The number of nitrogens with zero attached hydrogens (tertiary/aromatic N) is 2. The lowest BCUT2D eigenvalue weighted by Gasteiger charge is -2.15. The molecule has 6 heteroatoms. The Morgan fingerprint density at radius 1 is 1.10 bits per heavy atom. The van der Waals surface area contributed by atoms with Gasteiger partial charge in [-0.05, 0) is 43.2 Å². The number of anilines is 1. The SMILES string of the molecule is C[C@H](N)C(=O)c1cc(Cl)cc(-c2nc3ccccc3n2CCc2ccccc2)c1N. The number of hydrogen-bond donors (Lipinski definition) is 2. The first-order valence-electron chi connectivity index (χ1n) is 9.84. The Morgan fingerprint density at radius 3 is 2.53 bits per heavy atom. The summed E-state index contributed by atoms with van der Waals surface area (Å²) in [6.45, 7) is 2.35. The third kappa shape index (κ3) is 3.82. The molecule has 0 amide bonds. The third-order valence-corrected chi connectivity index (χ3v) is 5.40. The Bertz CT molecular complexity index is 1210. The molecule has 0 bridgehead atoms. The van der Waals surface area contributed by atoms with Crippen molar-refractivity contribution in [3.05, 3.63) is 82.9 Å². The summed E-state index contributed by atoms with van der Waals surface area (Å²) in [5.41, 5.74) is 16.6. The molecule has 0 aliphatic rings. The highest BCUT2D eigenvalue weighted by Crippen LogP contribution is 2.34. The van der Waals surface area contributed by atoms with Crippen molar-refractivity contribution in [3.8, 4) is 11.4 Å². The molecule has 4 N–H and O–H groups in total. The fourth-order valence-corrected chi connectivity index (χ4v) is 3.86. The van der Waals surface area contributed by atoms with Crippen molar-refractivity contribution in [1.82, 2.24) is 9.55 Å². The van der Waals surface area contributed by atoms with Gasteiger partial charge >= 0.3 is 0 Å². The van der Waals surface area contributed by atoms with Crippen LogP contribution in [0.15, 0.2) is 66.7 Å². The zero-order chi connectivity index (χ0) is 21.3. The predicted octanol–water partition coefficient (Wildman–Crippen LogP) is 4.71. The summed E-state index contributed by atoms with van der Waals surface area (Å²) in [4.78, 5) is 17.4. The van der Waals surface area contributed by atoms with Crippen LogP contribution in [0.4, 0.5) is 5.69 Å². The molecule has 0 aliphatic heterocycles. The summed E-state index contributed by atoms with van der Waals surface area (Å²) in [6, 6.07) is 20.9. The smallest absolute Gasteiger partial charge is 0.181 e. The van der Waals surface area contributed by atoms with Gasteiger partial charge in [-0.2, -0.15) is 0 Å². The minimum absolute atomic E-state index is 0.247. The molecule has 3 aromatic carbocycles. The van der Waals surface area contributed by atoms with E-state index in [1.807, 2.05) is 42.5 Å². The Labute approximate surface area is 180 Å². The van der Waals surface area contributed by atoms with Crippen LogP contribution >= 0.6 is 11.6 Å². The van der Waals surface area contributed by atoms with Crippen LogP contribution in [-0.4, -0.2) is 21.4 Å². The van der Waals surface area contributed by atoms with Crippen molar-refractivity contribution in [1.29, 1.82) is 0 Å². The minimum Gasteiger partial charge on any atom is -0.398 e. The van der Waals surface area contributed by atoms with E-state index >= 15 is 0 Å². The molecule has 4 rings (SSSR count). The number of aromatic nitrogens is 2. The number of aryl methyl sites for hydroxylation is 2. The fraction of sp³-hybridized carbons (Fsp3) is 0.167. The zero-order valence-corrected chi connectivity index (χ0v) is 17.4. The molecule has 0 radical (unpaired) electrons. The molecule has 152 valence electrons. The maximum Gasteiger partial charge on any atom is 0.181 e. The first-order valence-corrected chi connectivity index (χ1v) is 10.2. The number of nitrogens with two attached hydrogens (primary N) is 2. The van der Waals surface area contributed by atoms with Crippen LogP contribution in [0.3, 0.4) is 0 Å². The van der Waals surface area contributed by atoms with Crippen LogP contribution in [0.25, 0.3) is 22.4 Å². The molecule has 30 heavy (non-hydrogen) atoms. The number of nitrogen functional groups attached to an aromatic ring is 1. The summed E-state index contributed by atoms with van der Waals surface area (Å²) < 4.78 is 2.13. The van der Waals surface area contributed by atoms with Crippen LogP contribution < -0.4 is 11.5 Å². The summed E-state index contributed by atoms with van der Waals surface area (Å²) in [6.07, 6.45) is 0.834. The number of rotatable bonds is 6. The van der Waals surface area contributed by atoms with Gasteiger partial charge in [0.2, 0.25) is 0 Å². The summed E-state index contributed by atoms with van der Waals surface area (Å²) >= 11 is 6.36. The van der Waals surface area contributed by atoms with E-state index in [1.54, 1.807) is 19.1 Å². The lowest BCUT2D eigenvalue weighted by molar-refractivity contribution is 0.0969. The summed E-state index contributed by atoms with van der Waals surface area (Å²) in [5, 5.41) is 0.421. The van der Waals surface area contributed by atoms with Gasteiger partial charge in [-0.3, -0.25) is 4.79 Å². The van der Waals surface area contributed by atoms with Gasteiger partial charge in [-0.1, -0.05) is 54.1 Å². The average Bonchev–Trinajstić information content (AvgIpc) is 3.12. The highest BCUT2D eigenvalue weighted by atomic mass is 35.5. The van der Waals surface area contributed by atoms with E-state index in [9.17, 15) is 4.79 Å². The van der Waals surface area contributed by atoms with Crippen molar-refractivity contribution in [2.75, 3.05) is 5.73 Å². The Balaban J connectivity index is 1.86. The van der Waals surface area contributed by atoms with E-state index in [0.717, 1.165) is 17.5 Å². The molecule has 1 aromatic heterocycles. The largest absolute Gasteiger partial charge is 0.398 e. The number of carbonyl (C=O) groups is 1. The van der Waals surface area contributed by atoms with Gasteiger partial charge in [-0.15, -0.1) is 0 Å². The number of fused-ring (bicyclic) bond motifs is 1. The van der Waals surface area contributed by atoms with Crippen LogP contribution in [0.2, 0.25) is 5.02 Å². The maximum absolute atomic E-state index is 12.6. The Kier molecular flexibility index (Phi) is 5.57. The van der Waals surface area contributed by atoms with Crippen molar-refractivity contribution in [3.63, 3.8) is 0 Å². The number of imidazole rings is 1. The van der Waals surface area contributed by atoms with E-state index in [4.69, 9.17) is 28.1 Å². The van der Waals surface area contributed by atoms with Crippen LogP contribution in [0.1, 0.15) is 22.8 Å². The second kappa shape index (κ2) is 8.30. The lowest BCUT2D eigenvalue weighted by atomic mass is 10.00. The van der Waals surface area contributed by atoms with E-state index in [1.165, 1.54) is 5.56 Å². The van der Waals surface area contributed by atoms with Crippen molar-refractivity contribution >= 4 is 34.1 Å². The standard InChI is InChI=1S/C24H23ClN4O/c1-15(26)23(30)18-13-17(25)14-19(22(18)27)24-28-20-9-5-6-10-21(20)29(24)12-11-16-7-3-2-4-8-16/h2-10,13-15H,11-12,26-27H2,1H3/t15-/m0/s1. The van der Waals surface area contributed by atoms with Crippen molar-refractivity contribution in [2.24, 2.45) is 5.73 Å². The Morgan fingerprint density at radius 2 is 1.80 bits per heavy atom. The lowest BCUT2D eigenvalue weighted by Crippen LogP contribution is -2.27. The number of benzene rings is 3. The van der Waals surface area contributed by atoms with Gasteiger partial charge in [0.05, 0.1) is 22.8 Å². The molecule has 0 saturated carbocycles. The number of halogens is 1. The van der Waals surface area contributed by atoms with Crippen LogP contribution in [0, 0.1) is 0 Å². The van der Waals surface area contributed by atoms with Gasteiger partial charge in [-0.25, -0.2) is 4.98 Å². The molecule has 0 aliphatic carbocycles. The van der Waals surface area contributed by atoms with E-state index in [-0.39, 0.29) is 5.78 Å². The summed E-state index contributed by atoms with van der Waals surface area (Å²) in [5.74, 6) is 0.439. The highest BCUT2D eigenvalue weighted by Gasteiger charge is 2.21. The zero-order valence-electron chi connectivity index (χ0n) is 16.7. The van der Waals surface area contributed by atoms with Crippen LogP contribution in [0.5, 0.6) is 0 Å². The van der Waals surface area contributed by atoms with E-state index in [0.29, 0.717) is 34.2 Å². The quantitative estimate of drug-likeness (QED) is 0.350. The molecular weight excluding hydrogens is 396 g/mol. The number of carbonyl (C=O) groups excluding carboxylic acids is 1. The molecular formula is C24H23ClN4O. The van der Waals surface area contributed by atoms with E-state index < -0.39 is 6.04 Å². The van der Waals surface area contributed by atoms with Gasteiger partial charge in [0.15, 0.2) is 5.78 Å². The fourth-order valence-electron chi connectivity index (χ4n) is 3.65. The normalized spacial score (nSPS) is 12.2. The molecule has 0 unspecified atom stereocenters. The van der Waals surface area contributed by atoms with Crippen LogP contribution in [-0.2, 0) is 13.0 Å². The molecule has 0 saturated heterocycles. The second-order valence-electron chi connectivity index (χ2n) is 7.38. The van der Waals surface area contributed by atoms with Gasteiger partial charge in [0.1, 0.15) is 5.82 Å². The molecule has 1 atom stereocenters. The van der Waals surface area contributed by atoms with Gasteiger partial charge in [0, 0.05) is 22.7 Å². The number of ketones is 1. The van der Waals surface area contributed by atoms with Crippen molar-refractivity contribution < 1.29 is 4.79 Å². The Hall–Kier alpha value is -3.15. The first-order chi connectivity index (χ1) is 14.5. The average molecular weight is 419 g/mol. The number of para-hydroxylation sites is 2. The van der Waals surface area contributed by atoms with Crippen molar-refractivity contribution in [2.45, 2.75) is 25.9 Å². The van der Waals surface area contributed by atoms with Gasteiger partial charge < -0.3 is 16.0 Å². The molecule has 0 fully saturated rings.